The van der Waals surface area contributed by atoms with Crippen LogP contribution in [0.1, 0.15) is 33.7 Å². The predicted molar refractivity (Wildman–Crippen MR) is 117 cm³/mol. The third kappa shape index (κ3) is 3.79. The molecule has 0 fully saturated rings. The fraction of sp³-hybridized carbons (Fsp3) is 0.200. The summed E-state index contributed by atoms with van der Waals surface area (Å²) in [5.74, 6) is 0.304. The van der Waals surface area contributed by atoms with Gasteiger partial charge >= 0.3 is 0 Å². The van der Waals surface area contributed by atoms with E-state index in [1.54, 1.807) is 0 Å². The van der Waals surface area contributed by atoms with Crippen molar-refractivity contribution in [3.05, 3.63) is 88.5 Å². The number of hydrogen-bond acceptors (Lipinski definition) is 3. The number of benzene rings is 3. The Hall–Kier alpha value is -3.60. The van der Waals surface area contributed by atoms with Crippen molar-refractivity contribution in [2.45, 2.75) is 26.7 Å². The van der Waals surface area contributed by atoms with Gasteiger partial charge in [-0.2, -0.15) is 0 Å². The van der Waals surface area contributed by atoms with Crippen molar-refractivity contribution in [2.75, 3.05) is 11.9 Å². The zero-order chi connectivity index (χ0) is 21.3. The number of aryl methyl sites for hydroxylation is 3. The molecule has 5 nitrogen and oxygen atoms in total. The number of nitrogens with one attached hydrogen (secondary N) is 2. The first-order valence-electron chi connectivity index (χ1n) is 9.95. The summed E-state index contributed by atoms with van der Waals surface area (Å²) in [6.45, 7) is 5.84. The normalized spacial score (nSPS) is 12.4. The monoisotopic (exact) mass is 400 g/mol. The zero-order valence-corrected chi connectivity index (χ0v) is 17.3. The molecule has 3 aromatic rings. The summed E-state index contributed by atoms with van der Waals surface area (Å²) >= 11 is 0. The van der Waals surface area contributed by atoms with Gasteiger partial charge in [0, 0.05) is 16.8 Å². The van der Waals surface area contributed by atoms with Crippen LogP contribution in [0.25, 0.3) is 0 Å². The quantitative estimate of drug-likeness (QED) is 0.672. The van der Waals surface area contributed by atoms with Crippen LogP contribution in [0.2, 0.25) is 0 Å². The van der Waals surface area contributed by atoms with Crippen LogP contribution in [0.3, 0.4) is 0 Å². The molecular weight excluding hydrogens is 376 g/mol. The van der Waals surface area contributed by atoms with Crippen LogP contribution in [0, 0.1) is 20.8 Å². The SMILES string of the molecule is Cc1cc(C)c(NC(=O)CNC(=O)C2c3ccccc3Oc3ccccc32)c(C)c1. The lowest BCUT2D eigenvalue weighted by molar-refractivity contribution is -0.124. The summed E-state index contributed by atoms with van der Waals surface area (Å²) < 4.78 is 5.94. The predicted octanol–water partition coefficient (Wildman–Crippen LogP) is 4.60. The molecule has 1 aliphatic heterocycles. The molecule has 2 N–H and O–H groups in total. The van der Waals surface area contributed by atoms with Crippen molar-refractivity contribution in [1.82, 2.24) is 5.32 Å². The van der Waals surface area contributed by atoms with E-state index in [-0.39, 0.29) is 18.4 Å². The number of para-hydroxylation sites is 2. The maximum Gasteiger partial charge on any atom is 0.243 e. The summed E-state index contributed by atoms with van der Waals surface area (Å²) in [4.78, 5) is 25.6. The van der Waals surface area contributed by atoms with E-state index in [0.717, 1.165) is 33.5 Å². The summed E-state index contributed by atoms with van der Waals surface area (Å²) in [7, 11) is 0. The third-order valence-corrected chi connectivity index (χ3v) is 5.31. The number of amides is 2. The van der Waals surface area contributed by atoms with Gasteiger partial charge < -0.3 is 15.4 Å². The smallest absolute Gasteiger partial charge is 0.243 e. The summed E-state index contributed by atoms with van der Waals surface area (Å²) in [5.41, 5.74) is 5.52. The number of carbonyl (C=O) groups excluding carboxylic acids is 2. The fourth-order valence-corrected chi connectivity index (χ4v) is 4.02. The van der Waals surface area contributed by atoms with Crippen molar-refractivity contribution in [3.63, 3.8) is 0 Å². The van der Waals surface area contributed by atoms with Gasteiger partial charge in [-0.05, 0) is 44.0 Å². The average Bonchev–Trinajstić information content (AvgIpc) is 2.72. The van der Waals surface area contributed by atoms with Crippen LogP contribution in [-0.4, -0.2) is 18.4 Å². The van der Waals surface area contributed by atoms with E-state index in [1.807, 2.05) is 81.4 Å². The van der Waals surface area contributed by atoms with E-state index < -0.39 is 5.92 Å². The molecule has 5 heteroatoms. The molecule has 0 radical (unpaired) electrons. The van der Waals surface area contributed by atoms with Gasteiger partial charge in [-0.15, -0.1) is 0 Å². The molecule has 152 valence electrons. The van der Waals surface area contributed by atoms with Gasteiger partial charge in [0.05, 0.1) is 12.5 Å². The molecule has 4 rings (SSSR count). The van der Waals surface area contributed by atoms with E-state index in [9.17, 15) is 9.59 Å². The van der Waals surface area contributed by atoms with Gasteiger partial charge in [0.15, 0.2) is 0 Å². The number of rotatable bonds is 4. The second kappa shape index (κ2) is 8.03. The highest BCUT2D eigenvalue weighted by atomic mass is 16.5. The van der Waals surface area contributed by atoms with Gasteiger partial charge in [0.1, 0.15) is 11.5 Å². The standard InChI is InChI=1S/C25H24N2O3/c1-15-12-16(2)24(17(3)13-15)27-22(28)14-26-25(29)23-18-8-4-6-10-20(18)30-21-11-7-5-9-19(21)23/h4-13,23H,14H2,1-3H3,(H,26,29)(H,27,28). The molecule has 2 amide bonds. The molecule has 30 heavy (non-hydrogen) atoms. The maximum absolute atomic E-state index is 13.1. The molecule has 0 aromatic heterocycles. The molecule has 0 saturated heterocycles. The van der Waals surface area contributed by atoms with Gasteiger partial charge in [-0.3, -0.25) is 9.59 Å². The Morgan fingerprint density at radius 2 is 1.40 bits per heavy atom. The average molecular weight is 400 g/mol. The van der Waals surface area contributed by atoms with E-state index in [2.05, 4.69) is 10.6 Å². The van der Waals surface area contributed by atoms with E-state index in [1.165, 1.54) is 0 Å². The molecule has 0 aliphatic carbocycles. The fourth-order valence-electron chi connectivity index (χ4n) is 4.02. The number of ether oxygens (including phenoxy) is 1. The van der Waals surface area contributed by atoms with Gasteiger partial charge in [0.25, 0.3) is 0 Å². The Kier molecular flexibility index (Phi) is 5.27. The Labute approximate surface area is 176 Å². The molecule has 0 spiro atoms. The van der Waals surface area contributed by atoms with Crippen molar-refractivity contribution >= 4 is 17.5 Å². The Morgan fingerprint density at radius 3 is 1.97 bits per heavy atom. The lowest BCUT2D eigenvalue weighted by Crippen LogP contribution is -2.37. The lowest BCUT2D eigenvalue weighted by Gasteiger charge is -2.27. The van der Waals surface area contributed by atoms with Crippen LogP contribution in [0.5, 0.6) is 11.5 Å². The number of anilines is 1. The molecule has 1 heterocycles. The van der Waals surface area contributed by atoms with Crippen molar-refractivity contribution < 1.29 is 14.3 Å². The van der Waals surface area contributed by atoms with Gasteiger partial charge in [-0.1, -0.05) is 54.1 Å². The number of fused-ring (bicyclic) bond motifs is 2. The van der Waals surface area contributed by atoms with E-state index >= 15 is 0 Å². The van der Waals surface area contributed by atoms with Crippen LogP contribution >= 0.6 is 0 Å². The van der Waals surface area contributed by atoms with E-state index in [0.29, 0.717) is 11.5 Å². The topological polar surface area (TPSA) is 67.4 Å². The molecule has 3 aromatic carbocycles. The molecule has 1 aliphatic rings. The molecule has 0 unspecified atom stereocenters. The molecule has 0 bridgehead atoms. The van der Waals surface area contributed by atoms with Crippen LogP contribution in [0.4, 0.5) is 5.69 Å². The van der Waals surface area contributed by atoms with Crippen molar-refractivity contribution in [1.29, 1.82) is 0 Å². The Bertz CT molecular complexity index is 1070. The highest BCUT2D eigenvalue weighted by Gasteiger charge is 2.32. The minimum atomic E-state index is -0.526. The third-order valence-electron chi connectivity index (χ3n) is 5.31. The van der Waals surface area contributed by atoms with Gasteiger partial charge in [0.2, 0.25) is 11.8 Å². The van der Waals surface area contributed by atoms with Crippen LogP contribution < -0.4 is 15.4 Å². The first-order valence-corrected chi connectivity index (χ1v) is 9.95. The molecular formula is C25H24N2O3. The van der Waals surface area contributed by atoms with Crippen LogP contribution in [-0.2, 0) is 9.59 Å². The van der Waals surface area contributed by atoms with E-state index in [4.69, 9.17) is 4.74 Å². The van der Waals surface area contributed by atoms with Crippen molar-refractivity contribution in [2.24, 2.45) is 0 Å². The Morgan fingerprint density at radius 1 is 0.867 bits per heavy atom. The number of hydrogen-bond donors (Lipinski definition) is 2. The highest BCUT2D eigenvalue weighted by Crippen LogP contribution is 2.43. The number of carbonyl (C=O) groups is 2. The summed E-state index contributed by atoms with van der Waals surface area (Å²) in [6, 6.07) is 19.0. The maximum atomic E-state index is 13.1. The van der Waals surface area contributed by atoms with Crippen LogP contribution in [0.15, 0.2) is 60.7 Å². The first-order chi connectivity index (χ1) is 14.4. The Balaban J connectivity index is 1.51. The minimum absolute atomic E-state index is 0.104. The summed E-state index contributed by atoms with van der Waals surface area (Å²) in [6.07, 6.45) is 0. The first kappa shape index (κ1) is 19.7. The van der Waals surface area contributed by atoms with Gasteiger partial charge in [-0.25, -0.2) is 0 Å². The lowest BCUT2D eigenvalue weighted by atomic mass is 9.87. The van der Waals surface area contributed by atoms with Crippen molar-refractivity contribution in [3.8, 4) is 11.5 Å². The molecule has 0 saturated carbocycles. The second-order valence-electron chi connectivity index (χ2n) is 7.65. The highest BCUT2D eigenvalue weighted by molar-refractivity contribution is 5.97. The second-order valence-corrected chi connectivity index (χ2v) is 7.65. The zero-order valence-electron chi connectivity index (χ0n) is 17.3. The summed E-state index contributed by atoms with van der Waals surface area (Å²) in [5, 5.41) is 5.72. The minimum Gasteiger partial charge on any atom is -0.457 e. The molecule has 0 atom stereocenters. The largest absolute Gasteiger partial charge is 0.457 e.